The van der Waals surface area contributed by atoms with Crippen LogP contribution in [0.1, 0.15) is 5.69 Å². The maximum absolute atomic E-state index is 4.10. The van der Waals surface area contributed by atoms with Crippen LogP contribution in [0.4, 0.5) is 0 Å². The Balaban J connectivity index is 2.91. The molecule has 0 radical (unpaired) electrons. The minimum atomic E-state index is 0.928. The Hall–Kier alpha value is -0.830. The standard InChI is InChI=1S/C7H8N2S/c1-3-10-7-6(2)8-4-5-9-7/h3-5H,1H2,2H3. The quantitative estimate of drug-likeness (QED) is 0.606. The van der Waals surface area contributed by atoms with Crippen LogP contribution in [0.25, 0.3) is 0 Å². The van der Waals surface area contributed by atoms with Gasteiger partial charge >= 0.3 is 0 Å². The minimum Gasteiger partial charge on any atom is -0.257 e. The Morgan fingerprint density at radius 3 is 2.80 bits per heavy atom. The fourth-order valence-corrected chi connectivity index (χ4v) is 1.09. The molecule has 0 aromatic carbocycles. The monoisotopic (exact) mass is 152 g/mol. The van der Waals surface area contributed by atoms with Crippen molar-refractivity contribution in [1.29, 1.82) is 0 Å². The third kappa shape index (κ3) is 1.57. The second-order valence-electron chi connectivity index (χ2n) is 1.73. The SMILES string of the molecule is C=CSc1nccnc1C. The molecule has 10 heavy (non-hydrogen) atoms. The van der Waals surface area contributed by atoms with Gasteiger partial charge in [-0.25, -0.2) is 4.98 Å². The molecule has 1 rings (SSSR count). The number of hydrogen-bond acceptors (Lipinski definition) is 3. The molecule has 0 aliphatic heterocycles. The average molecular weight is 152 g/mol. The van der Waals surface area contributed by atoms with Gasteiger partial charge in [0.1, 0.15) is 5.03 Å². The fourth-order valence-electron chi connectivity index (χ4n) is 0.589. The second-order valence-corrected chi connectivity index (χ2v) is 2.69. The van der Waals surface area contributed by atoms with E-state index in [0.29, 0.717) is 0 Å². The van der Waals surface area contributed by atoms with Crippen LogP contribution in [0.15, 0.2) is 29.4 Å². The molecular weight excluding hydrogens is 144 g/mol. The summed E-state index contributed by atoms with van der Waals surface area (Å²) in [5, 5.41) is 2.68. The molecule has 0 bridgehead atoms. The van der Waals surface area contributed by atoms with Gasteiger partial charge in [-0.3, -0.25) is 4.98 Å². The van der Waals surface area contributed by atoms with Crippen molar-refractivity contribution in [3.05, 3.63) is 30.1 Å². The highest BCUT2D eigenvalue weighted by Gasteiger charge is 1.95. The molecule has 2 nitrogen and oxygen atoms in total. The second kappa shape index (κ2) is 3.37. The van der Waals surface area contributed by atoms with Crippen LogP contribution in [0.2, 0.25) is 0 Å². The zero-order valence-electron chi connectivity index (χ0n) is 5.74. The van der Waals surface area contributed by atoms with Crippen molar-refractivity contribution in [2.24, 2.45) is 0 Å². The van der Waals surface area contributed by atoms with Crippen molar-refractivity contribution in [1.82, 2.24) is 9.97 Å². The number of nitrogens with zero attached hydrogens (tertiary/aromatic N) is 2. The molecule has 0 saturated heterocycles. The number of aryl methyl sites for hydroxylation is 1. The van der Waals surface area contributed by atoms with E-state index in [0.717, 1.165) is 10.7 Å². The van der Waals surface area contributed by atoms with Gasteiger partial charge in [0.2, 0.25) is 0 Å². The largest absolute Gasteiger partial charge is 0.257 e. The van der Waals surface area contributed by atoms with Gasteiger partial charge in [0.15, 0.2) is 0 Å². The zero-order valence-corrected chi connectivity index (χ0v) is 6.56. The average Bonchev–Trinajstić information content (AvgIpc) is 1.94. The summed E-state index contributed by atoms with van der Waals surface area (Å²) in [5.74, 6) is 0. The first-order valence-electron chi connectivity index (χ1n) is 2.90. The number of rotatable bonds is 2. The molecule has 0 unspecified atom stereocenters. The van der Waals surface area contributed by atoms with E-state index in [2.05, 4.69) is 16.5 Å². The third-order valence-corrected chi connectivity index (χ3v) is 1.82. The van der Waals surface area contributed by atoms with Gasteiger partial charge < -0.3 is 0 Å². The summed E-state index contributed by atoms with van der Waals surface area (Å²) >= 11 is 1.49. The van der Waals surface area contributed by atoms with Crippen molar-refractivity contribution in [2.75, 3.05) is 0 Å². The summed E-state index contributed by atoms with van der Waals surface area (Å²) < 4.78 is 0. The third-order valence-electron chi connectivity index (χ3n) is 1.03. The van der Waals surface area contributed by atoms with Crippen molar-refractivity contribution >= 4 is 11.8 Å². The molecule has 1 aromatic rings. The highest BCUT2D eigenvalue weighted by atomic mass is 32.2. The van der Waals surface area contributed by atoms with E-state index in [1.165, 1.54) is 11.8 Å². The minimum absolute atomic E-state index is 0.928. The van der Waals surface area contributed by atoms with Gasteiger partial charge in [0, 0.05) is 12.4 Å². The summed E-state index contributed by atoms with van der Waals surface area (Å²) in [6.07, 6.45) is 3.36. The first-order valence-corrected chi connectivity index (χ1v) is 3.77. The molecule has 1 aromatic heterocycles. The van der Waals surface area contributed by atoms with Crippen molar-refractivity contribution in [3.8, 4) is 0 Å². The van der Waals surface area contributed by atoms with Crippen LogP contribution in [-0.2, 0) is 0 Å². The first kappa shape index (κ1) is 7.28. The molecule has 0 amide bonds. The van der Waals surface area contributed by atoms with Gasteiger partial charge in [-0.1, -0.05) is 18.3 Å². The molecule has 0 atom stereocenters. The molecule has 0 spiro atoms. The van der Waals surface area contributed by atoms with Gasteiger partial charge in [-0.05, 0) is 12.3 Å². The lowest BCUT2D eigenvalue weighted by atomic mass is 10.5. The predicted molar refractivity (Wildman–Crippen MR) is 42.8 cm³/mol. The summed E-state index contributed by atoms with van der Waals surface area (Å²) in [5.41, 5.74) is 0.951. The molecular formula is C7H8N2S. The lowest BCUT2D eigenvalue weighted by molar-refractivity contribution is 0.989. The highest BCUT2D eigenvalue weighted by molar-refractivity contribution is 8.02. The zero-order chi connectivity index (χ0) is 7.40. The summed E-state index contributed by atoms with van der Waals surface area (Å²) in [4.78, 5) is 8.16. The van der Waals surface area contributed by atoms with Gasteiger partial charge in [0.05, 0.1) is 5.69 Å². The fraction of sp³-hybridized carbons (Fsp3) is 0.143. The Kier molecular flexibility index (Phi) is 2.45. The van der Waals surface area contributed by atoms with Crippen LogP contribution in [0.5, 0.6) is 0 Å². The lowest BCUT2D eigenvalue weighted by Gasteiger charge is -1.96. The van der Waals surface area contributed by atoms with Crippen molar-refractivity contribution < 1.29 is 0 Å². The maximum Gasteiger partial charge on any atom is 0.121 e. The number of hydrogen-bond donors (Lipinski definition) is 0. The van der Waals surface area contributed by atoms with E-state index in [4.69, 9.17) is 0 Å². The van der Waals surface area contributed by atoms with Crippen LogP contribution in [0, 0.1) is 6.92 Å². The molecule has 0 saturated carbocycles. The molecule has 0 fully saturated rings. The predicted octanol–water partition coefficient (Wildman–Crippen LogP) is 2.02. The van der Waals surface area contributed by atoms with E-state index in [1.807, 2.05) is 6.92 Å². The van der Waals surface area contributed by atoms with Crippen molar-refractivity contribution in [2.45, 2.75) is 11.9 Å². The topological polar surface area (TPSA) is 25.8 Å². The van der Waals surface area contributed by atoms with E-state index in [-0.39, 0.29) is 0 Å². The Morgan fingerprint density at radius 1 is 1.50 bits per heavy atom. The van der Waals surface area contributed by atoms with Crippen LogP contribution in [-0.4, -0.2) is 9.97 Å². The smallest absolute Gasteiger partial charge is 0.121 e. The highest BCUT2D eigenvalue weighted by Crippen LogP contribution is 2.16. The van der Waals surface area contributed by atoms with Crippen molar-refractivity contribution in [3.63, 3.8) is 0 Å². The summed E-state index contributed by atoms with van der Waals surface area (Å²) in [6, 6.07) is 0. The van der Waals surface area contributed by atoms with Crippen LogP contribution in [0.3, 0.4) is 0 Å². The van der Waals surface area contributed by atoms with E-state index in [9.17, 15) is 0 Å². The van der Waals surface area contributed by atoms with Gasteiger partial charge in [-0.2, -0.15) is 0 Å². The Labute approximate surface area is 64.4 Å². The molecule has 3 heteroatoms. The molecule has 0 aliphatic rings. The normalized spacial score (nSPS) is 9.30. The molecule has 0 N–H and O–H groups in total. The van der Waals surface area contributed by atoms with Gasteiger partial charge in [-0.15, -0.1) is 0 Å². The van der Waals surface area contributed by atoms with Gasteiger partial charge in [0.25, 0.3) is 0 Å². The summed E-state index contributed by atoms with van der Waals surface area (Å²) in [6.45, 7) is 5.52. The van der Waals surface area contributed by atoms with E-state index >= 15 is 0 Å². The lowest BCUT2D eigenvalue weighted by Crippen LogP contribution is -1.85. The number of aromatic nitrogens is 2. The van der Waals surface area contributed by atoms with Crippen LogP contribution < -0.4 is 0 Å². The Bertz CT molecular complexity index is 235. The Morgan fingerprint density at radius 2 is 2.20 bits per heavy atom. The first-order chi connectivity index (χ1) is 4.84. The van der Waals surface area contributed by atoms with E-state index < -0.39 is 0 Å². The number of thioether (sulfide) groups is 1. The van der Waals surface area contributed by atoms with E-state index in [1.54, 1.807) is 17.8 Å². The molecule has 0 aliphatic carbocycles. The maximum atomic E-state index is 4.10. The molecule has 1 heterocycles. The molecule has 52 valence electrons. The summed E-state index contributed by atoms with van der Waals surface area (Å²) in [7, 11) is 0. The van der Waals surface area contributed by atoms with Crippen LogP contribution >= 0.6 is 11.8 Å².